The van der Waals surface area contributed by atoms with Gasteiger partial charge in [0.1, 0.15) is 5.69 Å². The van der Waals surface area contributed by atoms with Crippen LogP contribution in [0.4, 0.5) is 0 Å². The fourth-order valence-electron chi connectivity index (χ4n) is 1.37. The van der Waals surface area contributed by atoms with Crippen molar-refractivity contribution >= 4 is 5.91 Å². The highest BCUT2D eigenvalue weighted by molar-refractivity contribution is 5.90. The minimum Gasteiger partial charge on any atom is -0.364 e. The highest BCUT2D eigenvalue weighted by Crippen LogP contribution is 1.97. The van der Waals surface area contributed by atoms with Crippen molar-refractivity contribution < 1.29 is 4.79 Å². The zero-order chi connectivity index (χ0) is 12.3. The molecule has 0 unspecified atom stereocenters. The fourth-order valence-corrected chi connectivity index (χ4v) is 1.37. The van der Waals surface area contributed by atoms with Crippen molar-refractivity contribution in [3.05, 3.63) is 58.5 Å². The number of aromatic nitrogens is 3. The summed E-state index contributed by atoms with van der Waals surface area (Å²) in [7, 11) is 0. The summed E-state index contributed by atoms with van der Waals surface area (Å²) in [6.45, 7) is 0.360. The van der Waals surface area contributed by atoms with Crippen LogP contribution in [0.15, 0.2) is 41.7 Å². The molecule has 17 heavy (non-hydrogen) atoms. The molecule has 0 saturated carbocycles. The number of nitrogens with zero attached hydrogens (tertiary/aromatic N) is 3. The van der Waals surface area contributed by atoms with E-state index < -0.39 is 5.91 Å². The Bertz CT molecular complexity index is 592. The van der Waals surface area contributed by atoms with Gasteiger partial charge in [-0.25, -0.2) is 4.98 Å². The molecular weight excluding hydrogens is 220 g/mol. The molecule has 2 aromatic heterocycles. The van der Waals surface area contributed by atoms with Gasteiger partial charge in [0.15, 0.2) is 0 Å². The van der Waals surface area contributed by atoms with Crippen molar-refractivity contribution in [3.63, 3.8) is 0 Å². The minimum atomic E-state index is -0.712. The van der Waals surface area contributed by atoms with Crippen LogP contribution in [-0.2, 0) is 6.54 Å². The molecule has 0 radical (unpaired) electrons. The van der Waals surface area contributed by atoms with Crippen molar-refractivity contribution in [2.45, 2.75) is 6.54 Å². The van der Waals surface area contributed by atoms with E-state index in [1.54, 1.807) is 18.5 Å². The summed E-state index contributed by atoms with van der Waals surface area (Å²) in [5.41, 5.74) is 5.55. The summed E-state index contributed by atoms with van der Waals surface area (Å²) >= 11 is 0. The Balaban J connectivity index is 2.29. The van der Waals surface area contributed by atoms with Gasteiger partial charge in [-0.1, -0.05) is 6.07 Å². The van der Waals surface area contributed by atoms with Crippen molar-refractivity contribution in [1.82, 2.24) is 14.5 Å². The van der Waals surface area contributed by atoms with Crippen molar-refractivity contribution in [2.75, 3.05) is 0 Å². The van der Waals surface area contributed by atoms with Gasteiger partial charge < -0.3 is 5.73 Å². The Hall–Kier alpha value is -2.50. The van der Waals surface area contributed by atoms with Gasteiger partial charge in [0, 0.05) is 18.5 Å². The van der Waals surface area contributed by atoms with E-state index in [-0.39, 0.29) is 11.3 Å². The van der Waals surface area contributed by atoms with Crippen LogP contribution in [0.5, 0.6) is 0 Å². The molecule has 1 amide bonds. The van der Waals surface area contributed by atoms with E-state index in [0.717, 1.165) is 11.6 Å². The highest BCUT2D eigenvalue weighted by Gasteiger charge is 2.05. The molecule has 2 N–H and O–H groups in total. The summed E-state index contributed by atoms with van der Waals surface area (Å²) in [4.78, 5) is 30.2. The van der Waals surface area contributed by atoms with Crippen LogP contribution in [-0.4, -0.2) is 20.4 Å². The van der Waals surface area contributed by atoms with Crippen molar-refractivity contribution in [3.8, 4) is 0 Å². The third kappa shape index (κ3) is 2.54. The zero-order valence-electron chi connectivity index (χ0n) is 8.91. The summed E-state index contributed by atoms with van der Waals surface area (Å²) in [5.74, 6) is -0.712. The van der Waals surface area contributed by atoms with E-state index in [4.69, 9.17) is 5.73 Å². The molecule has 6 heteroatoms. The number of amides is 1. The Morgan fingerprint density at radius 1 is 1.47 bits per heavy atom. The van der Waals surface area contributed by atoms with Gasteiger partial charge in [-0.2, -0.15) is 0 Å². The van der Waals surface area contributed by atoms with Gasteiger partial charge in [-0.15, -0.1) is 0 Å². The van der Waals surface area contributed by atoms with Crippen molar-refractivity contribution in [1.29, 1.82) is 0 Å². The van der Waals surface area contributed by atoms with E-state index in [2.05, 4.69) is 9.97 Å². The molecule has 2 rings (SSSR count). The van der Waals surface area contributed by atoms with Crippen LogP contribution in [0, 0.1) is 0 Å². The number of primary amides is 1. The van der Waals surface area contributed by atoms with Gasteiger partial charge in [0.2, 0.25) is 0 Å². The molecule has 2 heterocycles. The Labute approximate surface area is 96.8 Å². The molecule has 6 nitrogen and oxygen atoms in total. The Morgan fingerprint density at radius 2 is 2.29 bits per heavy atom. The van der Waals surface area contributed by atoms with E-state index in [1.165, 1.54) is 10.9 Å². The molecule has 0 bridgehead atoms. The number of carbonyl (C=O) groups is 1. The molecule has 0 atom stereocenters. The maximum Gasteiger partial charge on any atom is 0.267 e. The topological polar surface area (TPSA) is 90.9 Å². The lowest BCUT2D eigenvalue weighted by atomic mass is 10.3. The molecule has 86 valence electrons. The number of rotatable bonds is 3. The molecule has 0 fully saturated rings. The summed E-state index contributed by atoms with van der Waals surface area (Å²) in [6.07, 6.45) is 4.62. The standard InChI is InChI=1S/C11H10N4O2/c12-11(17)9-4-10(16)15(7-14-9)6-8-2-1-3-13-5-8/h1-5,7H,6H2,(H2,12,17). The van der Waals surface area contributed by atoms with Gasteiger partial charge in [-0.05, 0) is 11.6 Å². The molecule has 0 aromatic carbocycles. The summed E-state index contributed by atoms with van der Waals surface area (Å²) in [5, 5.41) is 0. The number of hydrogen-bond acceptors (Lipinski definition) is 4. The van der Waals surface area contributed by atoms with E-state index >= 15 is 0 Å². The first-order valence-electron chi connectivity index (χ1n) is 4.92. The molecule has 0 spiro atoms. The molecule has 0 aliphatic heterocycles. The quantitative estimate of drug-likeness (QED) is 0.789. The first-order valence-corrected chi connectivity index (χ1v) is 4.92. The average Bonchev–Trinajstić information content (AvgIpc) is 2.33. The SMILES string of the molecule is NC(=O)c1cc(=O)n(Cc2cccnc2)cn1. The third-order valence-corrected chi connectivity index (χ3v) is 2.21. The first-order chi connectivity index (χ1) is 8.16. The van der Waals surface area contributed by atoms with Crippen LogP contribution >= 0.6 is 0 Å². The van der Waals surface area contributed by atoms with Gasteiger partial charge in [-0.3, -0.25) is 19.1 Å². The highest BCUT2D eigenvalue weighted by atomic mass is 16.1. The van der Waals surface area contributed by atoms with E-state index in [9.17, 15) is 9.59 Å². The lowest BCUT2D eigenvalue weighted by Gasteiger charge is -2.04. The molecule has 0 aliphatic rings. The Kier molecular flexibility index (Phi) is 2.95. The van der Waals surface area contributed by atoms with Crippen molar-refractivity contribution in [2.24, 2.45) is 5.73 Å². The van der Waals surface area contributed by atoms with Gasteiger partial charge in [0.05, 0.1) is 12.9 Å². The lowest BCUT2D eigenvalue weighted by molar-refractivity contribution is 0.0995. The summed E-state index contributed by atoms with van der Waals surface area (Å²) in [6, 6.07) is 4.76. The molecule has 2 aromatic rings. The second-order valence-electron chi connectivity index (χ2n) is 3.47. The van der Waals surface area contributed by atoms with Crippen LogP contribution < -0.4 is 11.3 Å². The van der Waals surface area contributed by atoms with Gasteiger partial charge in [0.25, 0.3) is 11.5 Å². The number of nitrogens with two attached hydrogens (primary N) is 1. The maximum absolute atomic E-state index is 11.6. The lowest BCUT2D eigenvalue weighted by Crippen LogP contribution is -2.24. The minimum absolute atomic E-state index is 0.0302. The largest absolute Gasteiger partial charge is 0.364 e. The second kappa shape index (κ2) is 4.56. The molecular formula is C11H10N4O2. The average molecular weight is 230 g/mol. The number of pyridine rings is 1. The van der Waals surface area contributed by atoms with E-state index in [1.807, 2.05) is 6.07 Å². The first kappa shape index (κ1) is 11.0. The van der Waals surface area contributed by atoms with Crippen LogP contribution in [0.2, 0.25) is 0 Å². The molecule has 0 aliphatic carbocycles. The second-order valence-corrected chi connectivity index (χ2v) is 3.47. The number of carbonyl (C=O) groups excluding carboxylic acids is 1. The van der Waals surface area contributed by atoms with Crippen LogP contribution in [0.1, 0.15) is 16.1 Å². The monoisotopic (exact) mass is 230 g/mol. The van der Waals surface area contributed by atoms with Crippen LogP contribution in [0.3, 0.4) is 0 Å². The zero-order valence-corrected chi connectivity index (χ0v) is 8.91. The predicted octanol–water partition coefficient (Wildman–Crippen LogP) is -0.215. The fraction of sp³-hybridized carbons (Fsp3) is 0.0909. The van der Waals surface area contributed by atoms with Crippen LogP contribution in [0.25, 0.3) is 0 Å². The molecule has 0 saturated heterocycles. The Morgan fingerprint density at radius 3 is 2.88 bits per heavy atom. The third-order valence-electron chi connectivity index (χ3n) is 2.21. The van der Waals surface area contributed by atoms with Gasteiger partial charge >= 0.3 is 0 Å². The summed E-state index contributed by atoms with van der Waals surface area (Å²) < 4.78 is 1.38. The predicted molar refractivity (Wildman–Crippen MR) is 60.4 cm³/mol. The number of hydrogen-bond donors (Lipinski definition) is 1. The van der Waals surface area contributed by atoms with E-state index in [0.29, 0.717) is 6.54 Å². The smallest absolute Gasteiger partial charge is 0.267 e. The maximum atomic E-state index is 11.6. The normalized spacial score (nSPS) is 10.1.